The summed E-state index contributed by atoms with van der Waals surface area (Å²) in [6.07, 6.45) is 1.34. The summed E-state index contributed by atoms with van der Waals surface area (Å²) in [5.41, 5.74) is 0.786. The Labute approximate surface area is 149 Å². The number of carbonyl (C=O) groups excluding carboxylic acids is 1. The highest BCUT2D eigenvalue weighted by Crippen LogP contribution is 2.26. The zero-order chi connectivity index (χ0) is 17.8. The van der Waals surface area contributed by atoms with E-state index in [1.54, 1.807) is 17.0 Å². The molecule has 2 aromatic rings. The van der Waals surface area contributed by atoms with E-state index in [-0.39, 0.29) is 24.3 Å². The summed E-state index contributed by atoms with van der Waals surface area (Å²) in [4.78, 5) is 26.4. The van der Waals surface area contributed by atoms with Gasteiger partial charge in [-0.25, -0.2) is 4.39 Å². The van der Waals surface area contributed by atoms with Gasteiger partial charge in [-0.05, 0) is 48.5 Å². The van der Waals surface area contributed by atoms with Gasteiger partial charge in [0.2, 0.25) is 5.91 Å². The Balaban J connectivity index is 1.73. The van der Waals surface area contributed by atoms with Crippen LogP contribution in [0, 0.1) is 5.82 Å². The monoisotopic (exact) mass is 362 g/mol. The number of halogens is 1. The number of thiophene rings is 1. The summed E-state index contributed by atoms with van der Waals surface area (Å²) in [6.45, 7) is 0.643. The molecule has 0 unspecified atom stereocenters. The molecule has 2 N–H and O–H groups in total. The molecule has 0 aliphatic carbocycles. The second-order valence-electron chi connectivity index (χ2n) is 6.03. The summed E-state index contributed by atoms with van der Waals surface area (Å²) in [6, 6.07) is 8.85. The van der Waals surface area contributed by atoms with E-state index in [9.17, 15) is 19.1 Å². The minimum absolute atomic E-state index is 0.0417. The fraction of sp³-hybridized carbons (Fsp3) is 0.333. The number of hydrogen-bond donors (Lipinski definition) is 2. The first-order chi connectivity index (χ1) is 12.0. The highest BCUT2D eigenvalue weighted by molar-refractivity contribution is 7.10. The molecule has 1 fully saturated rings. The molecule has 2 atom stereocenters. The topological polar surface area (TPSA) is 69.6 Å². The van der Waals surface area contributed by atoms with E-state index < -0.39 is 12.0 Å². The van der Waals surface area contributed by atoms with Crippen molar-refractivity contribution in [2.24, 2.45) is 0 Å². The lowest BCUT2D eigenvalue weighted by molar-refractivity contribution is -0.142. The fourth-order valence-electron chi connectivity index (χ4n) is 3.12. The van der Waals surface area contributed by atoms with Gasteiger partial charge in [-0.1, -0.05) is 18.2 Å². The molecule has 1 aromatic carbocycles. The molecule has 1 aliphatic heterocycles. The van der Waals surface area contributed by atoms with Crippen LogP contribution in [-0.4, -0.2) is 41.0 Å². The van der Waals surface area contributed by atoms with Crippen molar-refractivity contribution in [1.29, 1.82) is 0 Å². The summed E-state index contributed by atoms with van der Waals surface area (Å²) < 4.78 is 13.2. The molecule has 25 heavy (non-hydrogen) atoms. The largest absolute Gasteiger partial charge is 0.480 e. The molecule has 1 saturated heterocycles. The van der Waals surface area contributed by atoms with Crippen molar-refractivity contribution in [2.75, 3.05) is 13.1 Å². The number of amides is 1. The van der Waals surface area contributed by atoms with Crippen molar-refractivity contribution in [3.63, 3.8) is 0 Å². The van der Waals surface area contributed by atoms with Crippen molar-refractivity contribution in [1.82, 2.24) is 10.2 Å². The molecule has 1 aliphatic rings. The lowest BCUT2D eigenvalue weighted by Gasteiger charge is -2.23. The minimum Gasteiger partial charge on any atom is -0.480 e. The number of aliphatic carboxylic acids is 1. The Morgan fingerprint density at radius 2 is 2.08 bits per heavy atom. The first kappa shape index (κ1) is 17.6. The second-order valence-corrected chi connectivity index (χ2v) is 7.01. The standard InChI is InChI=1S/C18H19FN2O3S/c19-13-7-5-12(6-8-13)17(15-4-2-10-25-15)20-16(22)11-21-9-1-3-14(21)18(23)24/h2,4-8,10,14,17H,1,3,9,11H2,(H,20,22)(H,23,24)/t14-,17-/m0/s1. The Hall–Kier alpha value is -2.25. The SMILES string of the molecule is O=C(CN1CCC[C@H]1C(=O)O)N[C@@H](c1ccc(F)cc1)c1cccs1. The molecule has 2 heterocycles. The van der Waals surface area contributed by atoms with Gasteiger partial charge < -0.3 is 10.4 Å². The summed E-state index contributed by atoms with van der Waals surface area (Å²) in [5.74, 6) is -1.46. The quantitative estimate of drug-likeness (QED) is 0.829. The maximum Gasteiger partial charge on any atom is 0.320 e. The summed E-state index contributed by atoms with van der Waals surface area (Å²) >= 11 is 1.50. The van der Waals surface area contributed by atoms with E-state index in [1.165, 1.54) is 23.5 Å². The van der Waals surface area contributed by atoms with Gasteiger partial charge in [-0.3, -0.25) is 14.5 Å². The maximum atomic E-state index is 13.2. The van der Waals surface area contributed by atoms with Gasteiger partial charge in [-0.15, -0.1) is 11.3 Å². The summed E-state index contributed by atoms with van der Waals surface area (Å²) in [7, 11) is 0. The number of benzene rings is 1. The van der Waals surface area contributed by atoms with Crippen LogP contribution in [-0.2, 0) is 9.59 Å². The van der Waals surface area contributed by atoms with Crippen LogP contribution in [0.25, 0.3) is 0 Å². The number of carbonyl (C=O) groups is 2. The number of carboxylic acid groups (broad SMARTS) is 1. The second kappa shape index (κ2) is 7.76. The normalized spacial score (nSPS) is 18.8. The molecule has 0 bridgehead atoms. The van der Waals surface area contributed by atoms with E-state index in [0.717, 1.165) is 16.9 Å². The van der Waals surface area contributed by atoms with E-state index in [2.05, 4.69) is 5.32 Å². The molecule has 1 aromatic heterocycles. The molecular weight excluding hydrogens is 343 g/mol. The Morgan fingerprint density at radius 3 is 2.72 bits per heavy atom. The van der Waals surface area contributed by atoms with E-state index in [0.29, 0.717) is 13.0 Å². The lowest BCUT2D eigenvalue weighted by Crippen LogP contribution is -2.43. The molecular formula is C18H19FN2O3S. The molecule has 5 nitrogen and oxygen atoms in total. The third kappa shape index (κ3) is 4.24. The third-order valence-corrected chi connectivity index (χ3v) is 5.27. The average molecular weight is 362 g/mol. The van der Waals surface area contributed by atoms with Crippen LogP contribution >= 0.6 is 11.3 Å². The number of nitrogens with one attached hydrogen (secondary N) is 1. The van der Waals surface area contributed by atoms with Crippen LogP contribution in [0.1, 0.15) is 29.3 Å². The molecule has 0 radical (unpaired) electrons. The molecule has 1 amide bonds. The van der Waals surface area contributed by atoms with Crippen molar-refractivity contribution < 1.29 is 19.1 Å². The Morgan fingerprint density at radius 1 is 1.32 bits per heavy atom. The van der Waals surface area contributed by atoms with Crippen molar-refractivity contribution in [3.8, 4) is 0 Å². The lowest BCUT2D eigenvalue weighted by atomic mass is 10.1. The number of nitrogens with zero attached hydrogens (tertiary/aromatic N) is 1. The van der Waals surface area contributed by atoms with Gasteiger partial charge in [0.25, 0.3) is 0 Å². The van der Waals surface area contributed by atoms with Crippen LogP contribution in [0.15, 0.2) is 41.8 Å². The average Bonchev–Trinajstić information content (AvgIpc) is 3.25. The van der Waals surface area contributed by atoms with Crippen LogP contribution in [0.4, 0.5) is 4.39 Å². The summed E-state index contributed by atoms with van der Waals surface area (Å²) in [5, 5.41) is 14.1. The first-order valence-electron chi connectivity index (χ1n) is 8.09. The maximum absolute atomic E-state index is 13.2. The molecule has 0 saturated carbocycles. The van der Waals surface area contributed by atoms with Gasteiger partial charge in [0, 0.05) is 4.88 Å². The third-order valence-electron chi connectivity index (χ3n) is 4.33. The van der Waals surface area contributed by atoms with Gasteiger partial charge in [-0.2, -0.15) is 0 Å². The molecule has 3 rings (SSSR count). The van der Waals surface area contributed by atoms with Crippen LogP contribution in [0.2, 0.25) is 0 Å². The minimum atomic E-state index is -0.890. The Kier molecular flexibility index (Phi) is 5.45. The van der Waals surface area contributed by atoms with Crippen LogP contribution in [0.5, 0.6) is 0 Å². The number of carboxylic acids is 1. The van der Waals surface area contributed by atoms with Crippen molar-refractivity contribution in [3.05, 3.63) is 58.0 Å². The van der Waals surface area contributed by atoms with Gasteiger partial charge >= 0.3 is 5.97 Å². The Bertz CT molecular complexity index is 733. The van der Waals surface area contributed by atoms with E-state index >= 15 is 0 Å². The smallest absolute Gasteiger partial charge is 0.320 e. The van der Waals surface area contributed by atoms with E-state index in [4.69, 9.17) is 0 Å². The molecule has 132 valence electrons. The van der Waals surface area contributed by atoms with Gasteiger partial charge in [0.1, 0.15) is 11.9 Å². The first-order valence-corrected chi connectivity index (χ1v) is 8.97. The van der Waals surface area contributed by atoms with Crippen molar-refractivity contribution in [2.45, 2.75) is 24.9 Å². The zero-order valence-corrected chi connectivity index (χ0v) is 14.3. The number of rotatable bonds is 6. The predicted octanol–water partition coefficient (Wildman–Crippen LogP) is 2.64. The van der Waals surface area contributed by atoms with E-state index in [1.807, 2.05) is 17.5 Å². The highest BCUT2D eigenvalue weighted by Gasteiger charge is 2.32. The predicted molar refractivity (Wildman–Crippen MR) is 92.9 cm³/mol. The van der Waals surface area contributed by atoms with Crippen LogP contribution < -0.4 is 5.32 Å². The van der Waals surface area contributed by atoms with Crippen molar-refractivity contribution >= 4 is 23.2 Å². The van der Waals surface area contributed by atoms with Crippen LogP contribution in [0.3, 0.4) is 0 Å². The number of hydrogen-bond acceptors (Lipinski definition) is 4. The highest BCUT2D eigenvalue weighted by atomic mass is 32.1. The molecule has 7 heteroatoms. The molecule has 0 spiro atoms. The van der Waals surface area contributed by atoms with Gasteiger partial charge in [0.15, 0.2) is 0 Å². The number of likely N-dealkylation sites (tertiary alicyclic amines) is 1. The zero-order valence-electron chi connectivity index (χ0n) is 13.5. The fourth-order valence-corrected chi connectivity index (χ4v) is 3.92. The van der Waals surface area contributed by atoms with Gasteiger partial charge in [0.05, 0.1) is 12.6 Å².